The molecule has 0 radical (unpaired) electrons. The number of carbonyl (C=O) groups excluding carboxylic acids is 1. The van der Waals surface area contributed by atoms with E-state index in [1.54, 1.807) is 15.5 Å². The Balaban J connectivity index is 1.73. The predicted molar refractivity (Wildman–Crippen MR) is 115 cm³/mol. The monoisotopic (exact) mass is 391 g/mol. The van der Waals surface area contributed by atoms with Crippen LogP contribution < -0.4 is 20.5 Å². The second kappa shape index (κ2) is 7.28. The van der Waals surface area contributed by atoms with E-state index in [2.05, 4.69) is 17.5 Å². The Morgan fingerprint density at radius 1 is 1.14 bits per heavy atom. The van der Waals surface area contributed by atoms with Crippen LogP contribution in [0.25, 0.3) is 11.1 Å². The fourth-order valence-corrected chi connectivity index (χ4v) is 3.83. The first-order chi connectivity index (χ1) is 13.9. The third-order valence-corrected chi connectivity index (χ3v) is 5.53. The van der Waals surface area contributed by atoms with Gasteiger partial charge in [-0.15, -0.1) is 0 Å². The Hall–Kier alpha value is -3.28. The van der Waals surface area contributed by atoms with Gasteiger partial charge in [0.25, 0.3) is 5.56 Å². The van der Waals surface area contributed by atoms with Crippen molar-refractivity contribution in [1.82, 2.24) is 9.88 Å². The van der Waals surface area contributed by atoms with Gasteiger partial charge in [0.1, 0.15) is 0 Å². The Morgan fingerprint density at radius 2 is 1.93 bits per heavy atom. The number of carbonyl (C=O) groups is 1. The molecule has 1 aromatic heterocycles. The number of fused-ring (bicyclic) bond motifs is 1. The third kappa shape index (κ3) is 3.35. The van der Waals surface area contributed by atoms with Crippen LogP contribution in [0.15, 0.2) is 47.5 Å². The van der Waals surface area contributed by atoms with E-state index in [1.165, 1.54) is 7.11 Å². The fraction of sp³-hybridized carbons (Fsp3) is 0.304. The number of nitrogens with one attached hydrogen (secondary N) is 1. The molecule has 29 heavy (non-hydrogen) atoms. The number of hydrogen-bond donors (Lipinski definition) is 1. The van der Waals surface area contributed by atoms with Crippen LogP contribution in [-0.2, 0) is 11.2 Å². The summed E-state index contributed by atoms with van der Waals surface area (Å²) in [5, 5.41) is 3.33. The van der Waals surface area contributed by atoms with Gasteiger partial charge >= 0.3 is 0 Å². The lowest BCUT2D eigenvalue weighted by atomic mass is 9.96. The molecule has 2 aliphatic rings. The minimum Gasteiger partial charge on any atom is -0.491 e. The molecule has 6 nitrogen and oxygen atoms in total. The van der Waals surface area contributed by atoms with Crippen LogP contribution in [0.4, 0.5) is 5.69 Å². The van der Waals surface area contributed by atoms with Crippen molar-refractivity contribution in [3.05, 3.63) is 69.8 Å². The summed E-state index contributed by atoms with van der Waals surface area (Å²) in [6.45, 7) is 4.62. The average molecular weight is 391 g/mol. The number of dihydropyridines is 1. The first-order valence-electron chi connectivity index (χ1n) is 9.73. The van der Waals surface area contributed by atoms with Gasteiger partial charge in [-0.1, -0.05) is 6.07 Å². The van der Waals surface area contributed by atoms with E-state index >= 15 is 0 Å². The van der Waals surface area contributed by atoms with Gasteiger partial charge in [0, 0.05) is 37.7 Å². The molecule has 0 saturated carbocycles. The highest BCUT2D eigenvalue weighted by atomic mass is 16.5. The molecule has 0 spiro atoms. The number of amides is 1. The molecule has 6 heteroatoms. The molecule has 1 amide bonds. The zero-order valence-corrected chi connectivity index (χ0v) is 17.2. The van der Waals surface area contributed by atoms with Crippen molar-refractivity contribution >= 4 is 22.7 Å². The van der Waals surface area contributed by atoms with Gasteiger partial charge in [-0.2, -0.15) is 0 Å². The Labute approximate surface area is 170 Å². The van der Waals surface area contributed by atoms with Crippen molar-refractivity contribution < 1.29 is 9.53 Å². The van der Waals surface area contributed by atoms with Gasteiger partial charge < -0.3 is 19.5 Å². The molecule has 2 aromatic rings. The summed E-state index contributed by atoms with van der Waals surface area (Å²) in [7, 11) is 3.33. The summed E-state index contributed by atoms with van der Waals surface area (Å²) in [6.07, 6.45) is 6.44. The van der Waals surface area contributed by atoms with Crippen molar-refractivity contribution in [2.75, 3.05) is 25.6 Å². The van der Waals surface area contributed by atoms with E-state index in [4.69, 9.17) is 4.74 Å². The molecule has 0 aliphatic carbocycles. The van der Waals surface area contributed by atoms with Crippen molar-refractivity contribution in [1.29, 1.82) is 0 Å². The number of allylic oxidation sites excluding steroid dienone is 2. The number of aromatic nitrogens is 1. The number of nitrogens with zero attached hydrogens (tertiary/aromatic N) is 2. The SMILES string of the molecule is COc1cc(C2=CC(c3ccc4c(c3)CC(=O)N4C)=CNC2)cn(C(C)C)c1=O. The summed E-state index contributed by atoms with van der Waals surface area (Å²) in [5.41, 5.74) is 6.01. The van der Waals surface area contributed by atoms with Crippen LogP contribution in [0.3, 0.4) is 0 Å². The third-order valence-electron chi connectivity index (χ3n) is 5.53. The second-order valence-corrected chi connectivity index (χ2v) is 7.73. The normalized spacial score (nSPS) is 15.8. The van der Waals surface area contributed by atoms with E-state index in [0.29, 0.717) is 18.7 Å². The minimum absolute atomic E-state index is 0.0368. The number of anilines is 1. The summed E-state index contributed by atoms with van der Waals surface area (Å²) in [4.78, 5) is 26.2. The number of pyridine rings is 1. The first kappa shape index (κ1) is 19.1. The molecule has 0 saturated heterocycles. The van der Waals surface area contributed by atoms with Gasteiger partial charge in [0.05, 0.1) is 13.5 Å². The number of rotatable bonds is 4. The van der Waals surface area contributed by atoms with E-state index in [-0.39, 0.29) is 17.5 Å². The molecule has 0 unspecified atom stereocenters. The summed E-state index contributed by atoms with van der Waals surface area (Å²) < 4.78 is 7.02. The molecule has 0 bridgehead atoms. The second-order valence-electron chi connectivity index (χ2n) is 7.73. The smallest absolute Gasteiger partial charge is 0.293 e. The van der Waals surface area contributed by atoms with E-state index in [9.17, 15) is 9.59 Å². The quantitative estimate of drug-likeness (QED) is 0.870. The predicted octanol–water partition coefficient (Wildman–Crippen LogP) is 2.98. The number of benzene rings is 1. The maximum Gasteiger partial charge on any atom is 0.293 e. The van der Waals surface area contributed by atoms with Crippen LogP contribution in [0.5, 0.6) is 5.75 Å². The van der Waals surface area contributed by atoms with Gasteiger partial charge in [-0.05, 0) is 66.0 Å². The van der Waals surface area contributed by atoms with Crippen molar-refractivity contribution in [2.45, 2.75) is 26.3 Å². The maximum atomic E-state index is 12.5. The molecule has 1 aromatic carbocycles. The Morgan fingerprint density at radius 3 is 2.66 bits per heavy atom. The summed E-state index contributed by atoms with van der Waals surface area (Å²) in [6, 6.07) is 7.96. The van der Waals surface area contributed by atoms with E-state index in [0.717, 1.165) is 33.5 Å². The van der Waals surface area contributed by atoms with Gasteiger partial charge in [-0.25, -0.2) is 0 Å². The van der Waals surface area contributed by atoms with Crippen LogP contribution in [0, 0.1) is 0 Å². The molecule has 150 valence electrons. The highest BCUT2D eigenvalue weighted by Crippen LogP contribution is 2.32. The van der Waals surface area contributed by atoms with Gasteiger partial charge in [0.2, 0.25) is 5.91 Å². The molecule has 0 fully saturated rings. The van der Waals surface area contributed by atoms with E-state index < -0.39 is 0 Å². The molecular formula is C23H25N3O3. The Kier molecular flexibility index (Phi) is 4.78. The standard InChI is InChI=1S/C23H25N3O3/c1-14(2)26-13-19(9-21(29-4)23(26)28)18-8-17(11-24-12-18)15-5-6-20-16(7-15)10-22(27)25(20)3/h5-9,11,13-14,24H,10,12H2,1-4H3. The average Bonchev–Trinajstić information content (AvgIpc) is 3.01. The topological polar surface area (TPSA) is 63.6 Å². The number of hydrogen-bond acceptors (Lipinski definition) is 4. The summed E-state index contributed by atoms with van der Waals surface area (Å²) >= 11 is 0. The zero-order chi connectivity index (χ0) is 20.7. The minimum atomic E-state index is -0.126. The molecule has 0 atom stereocenters. The lowest BCUT2D eigenvalue weighted by Crippen LogP contribution is -2.24. The van der Waals surface area contributed by atoms with E-state index in [1.807, 2.05) is 45.4 Å². The lowest BCUT2D eigenvalue weighted by molar-refractivity contribution is -0.117. The van der Waals surface area contributed by atoms with Crippen molar-refractivity contribution in [3.63, 3.8) is 0 Å². The zero-order valence-electron chi connectivity index (χ0n) is 17.2. The molecule has 4 rings (SSSR count). The largest absolute Gasteiger partial charge is 0.491 e. The molecule has 2 aliphatic heterocycles. The maximum absolute atomic E-state index is 12.5. The van der Waals surface area contributed by atoms with Crippen molar-refractivity contribution in [3.8, 4) is 5.75 Å². The number of ether oxygens (including phenoxy) is 1. The fourth-order valence-electron chi connectivity index (χ4n) is 3.83. The molecule has 3 heterocycles. The number of methoxy groups -OCH3 is 1. The highest BCUT2D eigenvalue weighted by Gasteiger charge is 2.24. The van der Waals surface area contributed by atoms with Gasteiger partial charge in [-0.3, -0.25) is 9.59 Å². The molecule has 1 N–H and O–H groups in total. The van der Waals surface area contributed by atoms with Gasteiger partial charge in [0.15, 0.2) is 5.75 Å². The van der Waals surface area contributed by atoms with Crippen LogP contribution >= 0.6 is 0 Å². The number of likely N-dealkylation sites (N-methyl/N-ethyl adjacent to an activating group) is 1. The Bertz CT molecular complexity index is 1110. The first-order valence-corrected chi connectivity index (χ1v) is 9.73. The lowest BCUT2D eigenvalue weighted by Gasteiger charge is -2.19. The van der Waals surface area contributed by atoms with Crippen LogP contribution in [0.2, 0.25) is 0 Å². The van der Waals surface area contributed by atoms with Crippen LogP contribution in [0.1, 0.15) is 36.6 Å². The van der Waals surface area contributed by atoms with Crippen LogP contribution in [-0.4, -0.2) is 31.2 Å². The summed E-state index contributed by atoms with van der Waals surface area (Å²) in [5.74, 6) is 0.458. The van der Waals surface area contributed by atoms with Crippen molar-refractivity contribution in [2.24, 2.45) is 0 Å². The highest BCUT2D eigenvalue weighted by molar-refractivity contribution is 6.01. The molecular weight excluding hydrogens is 366 g/mol.